The quantitative estimate of drug-likeness (QED) is 0.674. The van der Waals surface area contributed by atoms with Crippen LogP contribution >= 0.6 is 11.6 Å². The molecule has 3 saturated carbocycles. The second-order valence-electron chi connectivity index (χ2n) is 10.5. The molecule has 4 rings (SSSR count). The molecule has 0 amide bonds. The van der Waals surface area contributed by atoms with Gasteiger partial charge in [-0.1, -0.05) is 33.3 Å². The van der Waals surface area contributed by atoms with E-state index in [1.807, 2.05) is 13.8 Å². The number of rotatable bonds is 2. The molecule has 4 aliphatic carbocycles. The summed E-state index contributed by atoms with van der Waals surface area (Å²) in [5.74, 6) is -0.137. The predicted molar refractivity (Wildman–Crippen MR) is 107 cm³/mol. The summed E-state index contributed by atoms with van der Waals surface area (Å²) >= 11 is 5.98. The molecule has 5 heteroatoms. The van der Waals surface area contributed by atoms with Crippen LogP contribution in [0.5, 0.6) is 0 Å². The first-order valence-electron chi connectivity index (χ1n) is 10.7. The number of alkyl halides is 2. The van der Waals surface area contributed by atoms with Gasteiger partial charge in [-0.15, -0.1) is 11.6 Å². The zero-order valence-corrected chi connectivity index (χ0v) is 18.1. The number of halogens is 2. The van der Waals surface area contributed by atoms with Crippen molar-refractivity contribution in [1.29, 1.82) is 0 Å². The number of carbonyl (C=O) groups excluding carboxylic acids is 2. The third-order valence-corrected chi connectivity index (χ3v) is 10.2. The van der Waals surface area contributed by atoms with E-state index in [-0.39, 0.29) is 41.6 Å². The van der Waals surface area contributed by atoms with E-state index in [0.717, 1.165) is 12.0 Å². The largest absolute Gasteiger partial charge is 0.390 e. The molecule has 0 aromatic rings. The van der Waals surface area contributed by atoms with Gasteiger partial charge in [0, 0.05) is 23.2 Å². The lowest BCUT2D eigenvalue weighted by Gasteiger charge is -2.64. The summed E-state index contributed by atoms with van der Waals surface area (Å²) in [6.07, 6.45) is 3.67. The van der Waals surface area contributed by atoms with Crippen LogP contribution in [-0.2, 0) is 9.59 Å². The third kappa shape index (κ3) is 2.14. The number of hydrogen-bond acceptors (Lipinski definition) is 3. The maximum absolute atomic E-state index is 17.0. The molecule has 156 valence electrons. The summed E-state index contributed by atoms with van der Waals surface area (Å²) in [7, 11) is 0. The third-order valence-electron chi connectivity index (χ3n) is 9.91. The summed E-state index contributed by atoms with van der Waals surface area (Å²) in [6, 6.07) is 0. The lowest BCUT2D eigenvalue weighted by molar-refractivity contribution is -0.216. The Morgan fingerprint density at radius 3 is 2.61 bits per heavy atom. The van der Waals surface area contributed by atoms with E-state index in [2.05, 4.69) is 13.8 Å². The molecule has 0 aromatic heterocycles. The Morgan fingerprint density at radius 2 is 1.96 bits per heavy atom. The number of Topliss-reactive ketones (excluding diaryl/α,β-unsaturated/α-hetero) is 1. The average molecular weight is 411 g/mol. The summed E-state index contributed by atoms with van der Waals surface area (Å²) in [5, 5.41) is 11.3. The molecule has 2 unspecified atom stereocenters. The van der Waals surface area contributed by atoms with Gasteiger partial charge in [0.15, 0.2) is 11.6 Å². The van der Waals surface area contributed by atoms with Crippen LogP contribution in [0.25, 0.3) is 0 Å². The second kappa shape index (κ2) is 6.14. The van der Waals surface area contributed by atoms with Crippen molar-refractivity contribution in [1.82, 2.24) is 0 Å². The minimum Gasteiger partial charge on any atom is -0.390 e. The first kappa shape index (κ1) is 20.5. The van der Waals surface area contributed by atoms with Crippen LogP contribution in [0.15, 0.2) is 11.6 Å². The number of fused-ring (bicyclic) bond motifs is 5. The summed E-state index contributed by atoms with van der Waals surface area (Å²) in [6.45, 7) is 8.04. The van der Waals surface area contributed by atoms with Gasteiger partial charge in [-0.05, 0) is 55.4 Å². The van der Waals surface area contributed by atoms with Gasteiger partial charge < -0.3 is 5.11 Å². The molecule has 8 atom stereocenters. The smallest absolute Gasteiger partial charge is 0.155 e. The average Bonchev–Trinajstić information content (AvgIpc) is 2.84. The minimum absolute atomic E-state index is 0.0103. The van der Waals surface area contributed by atoms with Gasteiger partial charge in [-0.2, -0.15) is 0 Å². The van der Waals surface area contributed by atoms with E-state index in [1.165, 1.54) is 0 Å². The van der Waals surface area contributed by atoms with Crippen LogP contribution in [0.4, 0.5) is 4.39 Å². The van der Waals surface area contributed by atoms with E-state index in [4.69, 9.17) is 11.6 Å². The number of carbonyl (C=O) groups is 2. The summed E-state index contributed by atoms with van der Waals surface area (Å²) < 4.78 is 17.0. The molecule has 1 N–H and O–H groups in total. The van der Waals surface area contributed by atoms with Gasteiger partial charge in [-0.25, -0.2) is 4.39 Å². The minimum atomic E-state index is -1.75. The Bertz CT molecular complexity index is 765. The predicted octanol–water partition coefficient (Wildman–Crippen LogP) is 4.64. The number of ketones is 2. The first-order valence-corrected chi connectivity index (χ1v) is 11.2. The maximum Gasteiger partial charge on any atom is 0.155 e. The van der Waals surface area contributed by atoms with Crippen LogP contribution in [0, 0.1) is 34.0 Å². The van der Waals surface area contributed by atoms with Crippen LogP contribution in [0.1, 0.15) is 66.2 Å². The highest BCUT2D eigenvalue weighted by Crippen LogP contribution is 2.73. The number of aliphatic hydroxyl groups excluding tert-OH is 1. The first-order chi connectivity index (χ1) is 13.0. The van der Waals surface area contributed by atoms with Crippen molar-refractivity contribution < 1.29 is 19.1 Å². The number of allylic oxidation sites excluding steroid dienone is 1. The topological polar surface area (TPSA) is 54.4 Å². The van der Waals surface area contributed by atoms with Crippen molar-refractivity contribution in [2.45, 2.75) is 78.0 Å². The zero-order chi connectivity index (χ0) is 20.7. The van der Waals surface area contributed by atoms with Gasteiger partial charge in [0.2, 0.25) is 0 Å². The Labute approximate surface area is 172 Å². The molecular formula is C23H32ClFO3. The highest BCUT2D eigenvalue weighted by Gasteiger charge is 2.74. The van der Waals surface area contributed by atoms with Crippen molar-refractivity contribution in [3.05, 3.63) is 11.6 Å². The molecule has 28 heavy (non-hydrogen) atoms. The van der Waals surface area contributed by atoms with E-state index < -0.39 is 28.0 Å². The van der Waals surface area contributed by atoms with Crippen LogP contribution < -0.4 is 0 Å². The molecule has 3 fully saturated rings. The number of aliphatic hydroxyl groups is 1. The van der Waals surface area contributed by atoms with E-state index >= 15 is 4.39 Å². The lowest BCUT2D eigenvalue weighted by atomic mass is 9.42. The van der Waals surface area contributed by atoms with Gasteiger partial charge >= 0.3 is 0 Å². The summed E-state index contributed by atoms with van der Waals surface area (Å²) in [4.78, 5) is 24.9. The summed E-state index contributed by atoms with van der Waals surface area (Å²) in [5.41, 5.74) is -2.81. The van der Waals surface area contributed by atoms with Crippen LogP contribution in [0.2, 0.25) is 0 Å². The maximum atomic E-state index is 17.0. The fourth-order valence-corrected chi connectivity index (χ4v) is 8.14. The molecule has 0 aromatic carbocycles. The molecule has 0 aliphatic heterocycles. The van der Waals surface area contributed by atoms with E-state index in [0.29, 0.717) is 25.7 Å². The van der Waals surface area contributed by atoms with Crippen LogP contribution in [-0.4, -0.2) is 34.3 Å². The Balaban J connectivity index is 1.83. The normalized spacial score (nSPS) is 53.1. The fourth-order valence-electron chi connectivity index (χ4n) is 7.86. The Hall–Kier alpha value is -0.740. The lowest BCUT2D eigenvalue weighted by Crippen LogP contribution is -2.68. The fraction of sp³-hybridized carbons (Fsp3) is 0.826. The van der Waals surface area contributed by atoms with Gasteiger partial charge in [-0.3, -0.25) is 9.59 Å². The highest BCUT2D eigenvalue weighted by atomic mass is 35.5. The molecule has 0 saturated heterocycles. The highest BCUT2D eigenvalue weighted by molar-refractivity contribution is 6.28. The molecule has 0 bridgehead atoms. The van der Waals surface area contributed by atoms with Gasteiger partial charge in [0.05, 0.1) is 12.0 Å². The molecule has 3 nitrogen and oxygen atoms in total. The van der Waals surface area contributed by atoms with Crippen molar-refractivity contribution in [3.8, 4) is 0 Å². The van der Waals surface area contributed by atoms with Crippen molar-refractivity contribution in [2.75, 3.05) is 5.88 Å². The van der Waals surface area contributed by atoms with E-state index in [1.54, 1.807) is 6.08 Å². The monoisotopic (exact) mass is 410 g/mol. The Kier molecular flexibility index (Phi) is 4.50. The van der Waals surface area contributed by atoms with Gasteiger partial charge in [0.25, 0.3) is 0 Å². The molecule has 4 aliphatic rings. The standard InChI is InChI=1S/C23H32ClFO3/c1-13-9-17-16-6-5-14-10-15(26)7-8-20(14,2)23(16,25)18(27)11-21(17,3)22(13,4)19(28)12-24/h10,13,16-18,27H,5-9,11-12H2,1-4H3/t13?,16-,17-,18?,20-,21-,22+,23-/m0/s1. The molecular weight excluding hydrogens is 379 g/mol. The van der Waals surface area contributed by atoms with E-state index in [9.17, 15) is 14.7 Å². The Morgan fingerprint density at radius 1 is 1.29 bits per heavy atom. The van der Waals surface area contributed by atoms with Crippen molar-refractivity contribution in [3.63, 3.8) is 0 Å². The molecule has 0 heterocycles. The van der Waals surface area contributed by atoms with Crippen molar-refractivity contribution in [2.24, 2.45) is 34.0 Å². The van der Waals surface area contributed by atoms with Crippen molar-refractivity contribution >= 4 is 23.2 Å². The molecule has 0 spiro atoms. The second-order valence-corrected chi connectivity index (χ2v) is 10.8. The zero-order valence-electron chi connectivity index (χ0n) is 17.4. The molecule has 0 radical (unpaired) electrons. The number of hydrogen-bond donors (Lipinski definition) is 1. The van der Waals surface area contributed by atoms with Gasteiger partial charge in [0.1, 0.15) is 5.67 Å². The SMILES string of the molecule is CC1C[C@H]2[C@@H]3CCC4=CC(=O)CC[C@]4(C)[C@@]3(F)C(O)C[C@]2(C)[C@@]1(C)C(=O)CCl. The van der Waals surface area contributed by atoms with Crippen LogP contribution in [0.3, 0.4) is 0 Å².